The number of amides is 2. The van der Waals surface area contributed by atoms with E-state index in [1.165, 1.54) is 10.8 Å². The van der Waals surface area contributed by atoms with Crippen molar-refractivity contribution in [1.82, 2.24) is 14.9 Å². The van der Waals surface area contributed by atoms with E-state index in [9.17, 15) is 9.59 Å². The average Bonchev–Trinajstić information content (AvgIpc) is 2.64. The zero-order valence-electron chi connectivity index (χ0n) is 13.8. The maximum Gasteiger partial charge on any atom is 0.320 e. The summed E-state index contributed by atoms with van der Waals surface area (Å²) in [6.07, 6.45) is 3.04. The van der Waals surface area contributed by atoms with Crippen molar-refractivity contribution in [3.05, 3.63) is 88.5 Å². The molecule has 25 heavy (non-hydrogen) atoms. The van der Waals surface area contributed by atoms with Crippen LogP contribution in [0.15, 0.2) is 71.8 Å². The number of para-hydroxylation sites is 1. The van der Waals surface area contributed by atoms with Gasteiger partial charge in [0, 0.05) is 24.6 Å². The molecule has 0 radical (unpaired) electrons. The number of anilines is 1. The highest BCUT2D eigenvalue weighted by Crippen LogP contribution is 2.05. The third kappa shape index (κ3) is 4.11. The van der Waals surface area contributed by atoms with Gasteiger partial charge in [-0.3, -0.25) is 14.7 Å². The Labute approximate surface area is 145 Å². The van der Waals surface area contributed by atoms with Crippen LogP contribution in [0.25, 0.3) is 5.69 Å². The van der Waals surface area contributed by atoms with Crippen molar-refractivity contribution in [3.8, 4) is 5.69 Å². The topological polar surface area (TPSA) is 76.0 Å². The number of nitrogens with zero attached hydrogens (tertiary/aromatic N) is 2. The van der Waals surface area contributed by atoms with E-state index in [1.807, 2.05) is 61.5 Å². The number of rotatable bonds is 4. The minimum atomic E-state index is -0.476. The summed E-state index contributed by atoms with van der Waals surface area (Å²) in [6, 6.07) is 16.5. The maximum absolute atomic E-state index is 12.5. The smallest absolute Gasteiger partial charge is 0.320 e. The standard InChI is InChI=1S/C19H18N4O2/c1-14-7-9-15(10-8-14)13-21-19(25)22-17-18(24)23(12-11-20-17)16-5-3-2-4-6-16/h2-12H,13H2,1H3,(H2,20,21,22,25). The molecule has 0 fully saturated rings. The predicted octanol–water partition coefficient (Wildman–Crippen LogP) is 2.86. The van der Waals surface area contributed by atoms with Crippen LogP contribution in [0.1, 0.15) is 11.1 Å². The average molecular weight is 334 g/mol. The van der Waals surface area contributed by atoms with Crippen LogP contribution in [0.3, 0.4) is 0 Å². The highest BCUT2D eigenvalue weighted by atomic mass is 16.2. The lowest BCUT2D eigenvalue weighted by Gasteiger charge is -2.09. The van der Waals surface area contributed by atoms with E-state index in [1.54, 1.807) is 6.20 Å². The van der Waals surface area contributed by atoms with Crippen LogP contribution in [0.2, 0.25) is 0 Å². The van der Waals surface area contributed by atoms with E-state index < -0.39 is 6.03 Å². The van der Waals surface area contributed by atoms with Gasteiger partial charge >= 0.3 is 6.03 Å². The van der Waals surface area contributed by atoms with Crippen molar-refractivity contribution >= 4 is 11.8 Å². The van der Waals surface area contributed by atoms with Gasteiger partial charge in [-0.1, -0.05) is 48.0 Å². The molecule has 3 aromatic rings. The molecule has 126 valence electrons. The number of carbonyl (C=O) groups excluding carboxylic acids is 1. The van der Waals surface area contributed by atoms with E-state index in [0.717, 1.165) is 11.1 Å². The summed E-state index contributed by atoms with van der Waals surface area (Å²) in [4.78, 5) is 28.5. The van der Waals surface area contributed by atoms with Crippen LogP contribution < -0.4 is 16.2 Å². The van der Waals surface area contributed by atoms with Gasteiger partial charge in [-0.05, 0) is 24.6 Å². The summed E-state index contributed by atoms with van der Waals surface area (Å²) in [7, 11) is 0. The van der Waals surface area contributed by atoms with Gasteiger partial charge in [-0.25, -0.2) is 9.78 Å². The summed E-state index contributed by atoms with van der Waals surface area (Å²) >= 11 is 0. The molecule has 1 aromatic heterocycles. The second-order valence-electron chi connectivity index (χ2n) is 5.58. The number of nitrogens with one attached hydrogen (secondary N) is 2. The number of aryl methyl sites for hydroxylation is 1. The first-order valence-corrected chi connectivity index (χ1v) is 7.87. The fourth-order valence-electron chi connectivity index (χ4n) is 2.33. The van der Waals surface area contributed by atoms with E-state index >= 15 is 0 Å². The molecule has 0 aliphatic rings. The SMILES string of the molecule is Cc1ccc(CNC(=O)Nc2nccn(-c3ccccc3)c2=O)cc1. The van der Waals surface area contributed by atoms with E-state index in [4.69, 9.17) is 0 Å². The second kappa shape index (κ2) is 7.44. The molecule has 0 atom stereocenters. The Balaban J connectivity index is 1.69. The first-order valence-electron chi connectivity index (χ1n) is 7.87. The van der Waals surface area contributed by atoms with Crippen molar-refractivity contribution in [2.45, 2.75) is 13.5 Å². The summed E-state index contributed by atoms with van der Waals surface area (Å²) in [5.74, 6) is -0.0206. The second-order valence-corrected chi connectivity index (χ2v) is 5.58. The number of hydrogen-bond acceptors (Lipinski definition) is 3. The first-order chi connectivity index (χ1) is 12.1. The molecule has 6 nitrogen and oxygen atoms in total. The molecule has 2 N–H and O–H groups in total. The fraction of sp³-hybridized carbons (Fsp3) is 0.105. The molecule has 0 aliphatic carbocycles. The van der Waals surface area contributed by atoms with Crippen molar-refractivity contribution in [3.63, 3.8) is 0 Å². The highest BCUT2D eigenvalue weighted by molar-refractivity contribution is 5.87. The normalized spacial score (nSPS) is 10.3. The lowest BCUT2D eigenvalue weighted by molar-refractivity contribution is 0.251. The summed E-state index contributed by atoms with van der Waals surface area (Å²) in [6.45, 7) is 2.37. The highest BCUT2D eigenvalue weighted by Gasteiger charge is 2.09. The monoisotopic (exact) mass is 334 g/mol. The Morgan fingerprint density at radius 1 is 1.08 bits per heavy atom. The van der Waals surface area contributed by atoms with E-state index in [0.29, 0.717) is 12.2 Å². The Morgan fingerprint density at radius 3 is 2.52 bits per heavy atom. The molecule has 0 unspecified atom stereocenters. The van der Waals surface area contributed by atoms with Gasteiger partial charge in [0.05, 0.1) is 0 Å². The van der Waals surface area contributed by atoms with Crippen molar-refractivity contribution in [2.24, 2.45) is 0 Å². The Morgan fingerprint density at radius 2 is 1.80 bits per heavy atom. The van der Waals surface area contributed by atoms with Crippen LogP contribution in [0.5, 0.6) is 0 Å². The number of urea groups is 1. The molecule has 0 aliphatic heterocycles. The molecule has 0 saturated heterocycles. The van der Waals surface area contributed by atoms with Crippen molar-refractivity contribution < 1.29 is 4.79 Å². The molecule has 0 spiro atoms. The van der Waals surface area contributed by atoms with Gasteiger partial charge in [0.25, 0.3) is 5.56 Å². The van der Waals surface area contributed by atoms with Gasteiger partial charge in [0.15, 0.2) is 0 Å². The van der Waals surface area contributed by atoms with Gasteiger partial charge in [0.2, 0.25) is 5.82 Å². The van der Waals surface area contributed by atoms with E-state index in [-0.39, 0.29) is 11.4 Å². The summed E-state index contributed by atoms with van der Waals surface area (Å²) in [5, 5.41) is 5.22. The van der Waals surface area contributed by atoms with E-state index in [2.05, 4.69) is 15.6 Å². The lowest BCUT2D eigenvalue weighted by atomic mass is 10.1. The molecule has 2 amide bonds. The zero-order chi connectivity index (χ0) is 17.6. The largest absolute Gasteiger partial charge is 0.334 e. The predicted molar refractivity (Wildman–Crippen MR) is 96.9 cm³/mol. The van der Waals surface area contributed by atoms with Gasteiger partial charge in [-0.15, -0.1) is 0 Å². The van der Waals surface area contributed by atoms with Crippen LogP contribution in [-0.4, -0.2) is 15.6 Å². The fourth-order valence-corrected chi connectivity index (χ4v) is 2.33. The molecule has 6 heteroatoms. The van der Waals surface area contributed by atoms with Gasteiger partial charge < -0.3 is 5.32 Å². The first kappa shape index (κ1) is 16.4. The van der Waals surface area contributed by atoms with Crippen LogP contribution in [0, 0.1) is 6.92 Å². The van der Waals surface area contributed by atoms with Gasteiger partial charge in [-0.2, -0.15) is 0 Å². The Hall–Kier alpha value is -3.41. The number of benzene rings is 2. The molecular weight excluding hydrogens is 316 g/mol. The number of hydrogen-bond donors (Lipinski definition) is 2. The summed E-state index contributed by atoms with van der Waals surface area (Å²) < 4.78 is 1.43. The third-order valence-corrected chi connectivity index (χ3v) is 3.68. The quantitative estimate of drug-likeness (QED) is 0.770. The van der Waals surface area contributed by atoms with Crippen LogP contribution in [0.4, 0.5) is 10.6 Å². The lowest BCUT2D eigenvalue weighted by Crippen LogP contribution is -2.32. The molecule has 3 rings (SSSR count). The minimum Gasteiger partial charge on any atom is -0.334 e. The zero-order valence-corrected chi connectivity index (χ0v) is 13.8. The maximum atomic E-state index is 12.5. The van der Waals surface area contributed by atoms with Crippen LogP contribution >= 0.6 is 0 Å². The molecule has 1 heterocycles. The van der Waals surface area contributed by atoms with Crippen LogP contribution in [-0.2, 0) is 6.54 Å². The molecule has 0 bridgehead atoms. The number of aromatic nitrogens is 2. The molecule has 0 saturated carbocycles. The molecular formula is C19H18N4O2. The Bertz CT molecular complexity index is 918. The van der Waals surface area contributed by atoms with Crippen molar-refractivity contribution in [2.75, 3.05) is 5.32 Å². The third-order valence-electron chi connectivity index (χ3n) is 3.68. The van der Waals surface area contributed by atoms with Crippen molar-refractivity contribution in [1.29, 1.82) is 0 Å². The Kier molecular flexibility index (Phi) is 4.89. The summed E-state index contributed by atoms with van der Waals surface area (Å²) in [5.41, 5.74) is 2.45. The van der Waals surface area contributed by atoms with Gasteiger partial charge in [0.1, 0.15) is 0 Å². The minimum absolute atomic E-state index is 0.0206. The number of carbonyl (C=O) groups is 1. The molecule has 2 aromatic carbocycles.